The Kier molecular flexibility index (Phi) is 3.73. The molecule has 1 atom stereocenters. The summed E-state index contributed by atoms with van der Waals surface area (Å²) in [4.78, 5) is 0. The third-order valence-electron chi connectivity index (χ3n) is 1.53. The van der Waals surface area contributed by atoms with Gasteiger partial charge in [-0.25, -0.2) is 4.21 Å². The minimum absolute atomic E-state index is 0.127. The molecular formula is C8H9O5S-. The van der Waals surface area contributed by atoms with Crippen LogP contribution in [0.2, 0.25) is 0 Å². The molecule has 6 heteroatoms. The molecule has 0 N–H and O–H groups in total. The molecule has 0 aliphatic heterocycles. The topological polar surface area (TPSA) is 67.8 Å². The molecule has 78 valence electrons. The van der Waals surface area contributed by atoms with Crippen molar-refractivity contribution in [1.29, 1.82) is 0 Å². The fourth-order valence-electron chi connectivity index (χ4n) is 0.917. The molecule has 0 aliphatic carbocycles. The second-order valence-corrected chi connectivity index (χ2v) is 2.88. The van der Waals surface area contributed by atoms with Crippen molar-refractivity contribution in [2.75, 3.05) is 14.2 Å². The van der Waals surface area contributed by atoms with E-state index in [1.807, 2.05) is 0 Å². The number of rotatable bonds is 4. The van der Waals surface area contributed by atoms with Crippen LogP contribution in [0.5, 0.6) is 17.2 Å². The molecule has 0 saturated heterocycles. The highest BCUT2D eigenvalue weighted by Gasteiger charge is 2.06. The molecule has 0 amide bonds. The van der Waals surface area contributed by atoms with Crippen LogP contribution < -0.4 is 13.7 Å². The highest BCUT2D eigenvalue weighted by Crippen LogP contribution is 2.31. The van der Waals surface area contributed by atoms with E-state index in [-0.39, 0.29) is 5.75 Å². The summed E-state index contributed by atoms with van der Waals surface area (Å²) in [5.41, 5.74) is 0. The molecular weight excluding hydrogens is 208 g/mol. The van der Waals surface area contributed by atoms with Crippen LogP contribution in [-0.2, 0) is 11.4 Å². The Morgan fingerprint density at radius 2 is 1.93 bits per heavy atom. The summed E-state index contributed by atoms with van der Waals surface area (Å²) in [6.45, 7) is 0. The van der Waals surface area contributed by atoms with E-state index in [1.54, 1.807) is 6.07 Å². The summed E-state index contributed by atoms with van der Waals surface area (Å²) in [7, 11) is 2.91. The maximum Gasteiger partial charge on any atom is 0.181 e. The van der Waals surface area contributed by atoms with Gasteiger partial charge in [0.05, 0.1) is 14.2 Å². The van der Waals surface area contributed by atoms with Crippen LogP contribution in [0.1, 0.15) is 0 Å². The second-order valence-electron chi connectivity index (χ2n) is 2.30. The Morgan fingerprint density at radius 1 is 1.21 bits per heavy atom. The summed E-state index contributed by atoms with van der Waals surface area (Å²) in [6, 6.07) is 4.56. The Labute approximate surface area is 84.1 Å². The van der Waals surface area contributed by atoms with E-state index >= 15 is 0 Å². The van der Waals surface area contributed by atoms with Crippen LogP contribution in [0, 0.1) is 0 Å². The van der Waals surface area contributed by atoms with Crippen molar-refractivity contribution in [1.82, 2.24) is 0 Å². The molecule has 14 heavy (non-hydrogen) atoms. The Bertz CT molecular complexity index is 339. The van der Waals surface area contributed by atoms with E-state index in [9.17, 15) is 8.76 Å². The zero-order valence-electron chi connectivity index (χ0n) is 7.68. The van der Waals surface area contributed by atoms with Gasteiger partial charge in [0.25, 0.3) is 0 Å². The first-order chi connectivity index (χ1) is 6.67. The van der Waals surface area contributed by atoms with Crippen LogP contribution in [0.3, 0.4) is 0 Å². The first-order valence-corrected chi connectivity index (χ1v) is 4.67. The molecule has 0 aromatic heterocycles. The summed E-state index contributed by atoms with van der Waals surface area (Å²) in [5.74, 6) is 0.987. The van der Waals surface area contributed by atoms with Gasteiger partial charge < -0.3 is 18.2 Å². The average molecular weight is 217 g/mol. The van der Waals surface area contributed by atoms with Gasteiger partial charge in [0.1, 0.15) is 17.1 Å². The molecule has 0 spiro atoms. The fraction of sp³-hybridized carbons (Fsp3) is 0.250. The van der Waals surface area contributed by atoms with Crippen molar-refractivity contribution in [3.8, 4) is 17.2 Å². The number of ether oxygens (including phenoxy) is 2. The highest BCUT2D eigenvalue weighted by molar-refractivity contribution is 7.74. The van der Waals surface area contributed by atoms with Gasteiger partial charge in [-0.3, -0.25) is 0 Å². The number of hydrogen-bond donors (Lipinski definition) is 0. The van der Waals surface area contributed by atoms with Gasteiger partial charge in [-0.1, -0.05) is 0 Å². The predicted octanol–water partition coefficient (Wildman–Crippen LogP) is 0.877. The van der Waals surface area contributed by atoms with E-state index in [0.29, 0.717) is 11.5 Å². The minimum atomic E-state index is -2.61. The first kappa shape index (κ1) is 10.8. The maximum absolute atomic E-state index is 10.3. The smallest absolute Gasteiger partial charge is 0.181 e. The van der Waals surface area contributed by atoms with Crippen molar-refractivity contribution in [2.24, 2.45) is 0 Å². The highest BCUT2D eigenvalue weighted by atomic mass is 32.2. The number of methoxy groups -OCH3 is 2. The van der Waals surface area contributed by atoms with Crippen molar-refractivity contribution in [2.45, 2.75) is 0 Å². The third-order valence-corrected chi connectivity index (χ3v) is 1.84. The van der Waals surface area contributed by atoms with E-state index in [2.05, 4.69) is 4.18 Å². The van der Waals surface area contributed by atoms with Crippen molar-refractivity contribution < 1.29 is 22.4 Å². The molecule has 5 nitrogen and oxygen atoms in total. The molecule has 1 aromatic rings. The molecule has 1 aromatic carbocycles. The van der Waals surface area contributed by atoms with Crippen LogP contribution in [-0.4, -0.2) is 23.0 Å². The standard InChI is InChI=1S/C8H10O5S/c1-11-6-3-4-7(13-14(9)10)8(5-6)12-2/h3-5H,1-2H3,(H,9,10)/p-1. The van der Waals surface area contributed by atoms with Gasteiger partial charge in [0.2, 0.25) is 0 Å². The maximum atomic E-state index is 10.3. The molecule has 1 rings (SSSR count). The predicted molar refractivity (Wildman–Crippen MR) is 49.1 cm³/mol. The summed E-state index contributed by atoms with van der Waals surface area (Å²) in [5, 5.41) is 0. The van der Waals surface area contributed by atoms with Gasteiger partial charge in [0, 0.05) is 6.07 Å². The van der Waals surface area contributed by atoms with Crippen LogP contribution >= 0.6 is 0 Å². The largest absolute Gasteiger partial charge is 0.740 e. The quantitative estimate of drug-likeness (QED) is 0.700. The van der Waals surface area contributed by atoms with Crippen LogP contribution in [0.15, 0.2) is 18.2 Å². The summed E-state index contributed by atoms with van der Waals surface area (Å²) >= 11 is -2.61. The van der Waals surface area contributed by atoms with Gasteiger partial charge in [-0.05, 0) is 12.1 Å². The number of benzene rings is 1. The number of hydrogen-bond acceptors (Lipinski definition) is 5. The zero-order chi connectivity index (χ0) is 10.6. The van der Waals surface area contributed by atoms with Crippen LogP contribution in [0.4, 0.5) is 0 Å². The summed E-state index contributed by atoms with van der Waals surface area (Å²) in [6.07, 6.45) is 0. The molecule has 0 fully saturated rings. The van der Waals surface area contributed by atoms with Gasteiger partial charge in [-0.15, -0.1) is 0 Å². The molecule has 1 unspecified atom stereocenters. The van der Waals surface area contributed by atoms with Gasteiger partial charge >= 0.3 is 0 Å². The SMILES string of the molecule is COc1ccc(OS(=O)[O-])c(OC)c1. The Hall–Kier alpha value is -1.27. The lowest BCUT2D eigenvalue weighted by Gasteiger charge is -2.11. The monoisotopic (exact) mass is 217 g/mol. The van der Waals surface area contributed by atoms with Crippen molar-refractivity contribution >= 4 is 11.4 Å². The van der Waals surface area contributed by atoms with E-state index in [0.717, 1.165) is 0 Å². The lowest BCUT2D eigenvalue weighted by atomic mass is 10.3. The molecule has 0 heterocycles. The van der Waals surface area contributed by atoms with Gasteiger partial charge in [0.15, 0.2) is 11.5 Å². The first-order valence-electron chi connectivity index (χ1n) is 3.67. The Morgan fingerprint density at radius 3 is 2.43 bits per heavy atom. The van der Waals surface area contributed by atoms with Crippen LogP contribution in [0.25, 0.3) is 0 Å². The second kappa shape index (κ2) is 4.83. The summed E-state index contributed by atoms with van der Waals surface area (Å²) < 4.78 is 34.9. The molecule has 0 bridgehead atoms. The van der Waals surface area contributed by atoms with Crippen molar-refractivity contribution in [3.05, 3.63) is 18.2 Å². The minimum Gasteiger partial charge on any atom is -0.740 e. The lowest BCUT2D eigenvalue weighted by Crippen LogP contribution is -2.00. The van der Waals surface area contributed by atoms with E-state index in [1.165, 1.54) is 26.4 Å². The molecule has 0 aliphatic rings. The van der Waals surface area contributed by atoms with E-state index < -0.39 is 11.4 Å². The zero-order valence-corrected chi connectivity index (χ0v) is 8.50. The normalized spacial score (nSPS) is 11.9. The Balaban J connectivity index is 2.98. The van der Waals surface area contributed by atoms with Gasteiger partial charge in [-0.2, -0.15) is 0 Å². The van der Waals surface area contributed by atoms with Crippen molar-refractivity contribution in [3.63, 3.8) is 0 Å². The molecule has 0 radical (unpaired) electrons. The lowest BCUT2D eigenvalue weighted by molar-refractivity contribution is 0.373. The fourth-order valence-corrected chi connectivity index (χ4v) is 1.20. The molecule has 0 saturated carbocycles. The third kappa shape index (κ3) is 2.61. The van der Waals surface area contributed by atoms with E-state index in [4.69, 9.17) is 9.47 Å². The average Bonchev–Trinajstić information content (AvgIpc) is 2.17.